The summed E-state index contributed by atoms with van der Waals surface area (Å²) in [6, 6.07) is 75.5. The average molecular weight is 1140 g/mol. The predicted octanol–water partition coefficient (Wildman–Crippen LogP) is 21.1. The Bertz CT molecular complexity index is 5240. The molecular weight excluding hydrogens is 1070 g/mol. The van der Waals surface area contributed by atoms with Gasteiger partial charge in [-0.1, -0.05) is 165 Å². The van der Waals surface area contributed by atoms with E-state index in [0.717, 1.165) is 49.6 Å². The minimum atomic E-state index is -0.222. The Morgan fingerprint density at radius 3 is 1.31 bits per heavy atom. The lowest BCUT2D eigenvalue weighted by atomic mass is 9.33. The Morgan fingerprint density at radius 1 is 0.341 bits per heavy atom. The van der Waals surface area contributed by atoms with Gasteiger partial charge in [0.1, 0.15) is 22.3 Å². The minimum absolute atomic E-state index is 0.0532. The van der Waals surface area contributed by atoms with Crippen LogP contribution in [0.15, 0.2) is 209 Å². The largest absolute Gasteiger partial charge is 0.456 e. The number of fused-ring (bicyclic) bond motifs is 13. The summed E-state index contributed by atoms with van der Waals surface area (Å²) in [5, 5.41) is 7.07. The molecule has 0 bridgehead atoms. The lowest BCUT2D eigenvalue weighted by molar-refractivity contribution is 0.590. The SMILES string of the molecule is Cc1cc(-c2cccc3oc4ccccc4c23)cc(C)c1N1c2cc(C(C)(C)C)ccc2B2c3cc4c5cc(C(C)(C)C)ccc5n(-c5ccccc5)c4cc3N(c3c(C)cc(-c4cccc5oc6ccccc6c45)cc3C)c3cc(C(C)(C)C)cc1c32. The van der Waals surface area contributed by atoms with Gasteiger partial charge in [0.15, 0.2) is 0 Å². The zero-order chi connectivity index (χ0) is 60.6. The highest BCUT2D eigenvalue weighted by Crippen LogP contribution is 2.52. The molecule has 0 amide bonds. The van der Waals surface area contributed by atoms with Gasteiger partial charge < -0.3 is 23.2 Å². The number of furan rings is 2. The molecular formula is C82H72BN3O2. The van der Waals surface area contributed by atoms with Crippen LogP contribution in [0.4, 0.5) is 34.1 Å². The van der Waals surface area contributed by atoms with Crippen LogP contribution in [0.2, 0.25) is 0 Å². The van der Waals surface area contributed by atoms with E-state index in [4.69, 9.17) is 8.83 Å². The highest BCUT2D eigenvalue weighted by molar-refractivity contribution is 7.00. The number of hydrogen-bond donors (Lipinski definition) is 0. The second-order valence-corrected chi connectivity index (χ2v) is 28.4. The molecule has 16 rings (SSSR count). The molecule has 0 aliphatic carbocycles. The van der Waals surface area contributed by atoms with Crippen LogP contribution in [0.1, 0.15) is 101 Å². The molecule has 11 aromatic carbocycles. The third-order valence-electron chi connectivity index (χ3n) is 19.4. The Kier molecular flexibility index (Phi) is 11.6. The summed E-state index contributed by atoms with van der Waals surface area (Å²) >= 11 is 0. The summed E-state index contributed by atoms with van der Waals surface area (Å²) in [6.07, 6.45) is 0. The first-order chi connectivity index (χ1) is 42.2. The fraction of sp³-hybridized carbons (Fsp3) is 0.195. The molecule has 0 atom stereocenters. The first kappa shape index (κ1) is 53.9. The van der Waals surface area contributed by atoms with Crippen LogP contribution in [0.5, 0.6) is 0 Å². The summed E-state index contributed by atoms with van der Waals surface area (Å²) in [5.41, 5.74) is 31.3. The van der Waals surface area contributed by atoms with Gasteiger partial charge in [-0.15, -0.1) is 0 Å². The van der Waals surface area contributed by atoms with E-state index < -0.39 is 0 Å². The van der Waals surface area contributed by atoms with E-state index in [2.05, 4.69) is 305 Å². The van der Waals surface area contributed by atoms with Crippen LogP contribution in [-0.2, 0) is 16.2 Å². The van der Waals surface area contributed by atoms with Gasteiger partial charge in [0.05, 0.1) is 22.4 Å². The van der Waals surface area contributed by atoms with E-state index in [0.29, 0.717) is 0 Å². The number of benzene rings is 11. The molecule has 0 radical (unpaired) electrons. The smallest absolute Gasteiger partial charge is 0.252 e. The zero-order valence-electron chi connectivity index (χ0n) is 52.8. The second-order valence-electron chi connectivity index (χ2n) is 28.4. The van der Waals surface area contributed by atoms with Gasteiger partial charge >= 0.3 is 0 Å². The van der Waals surface area contributed by atoms with Crippen molar-refractivity contribution in [2.45, 2.75) is 106 Å². The number of para-hydroxylation sites is 3. The molecule has 88 heavy (non-hydrogen) atoms. The molecule has 0 saturated carbocycles. The number of nitrogens with zero attached hydrogens (tertiary/aromatic N) is 3. The van der Waals surface area contributed by atoms with Crippen LogP contribution in [0.3, 0.4) is 0 Å². The van der Waals surface area contributed by atoms with E-state index in [9.17, 15) is 0 Å². The van der Waals surface area contributed by atoms with Crippen LogP contribution in [-0.4, -0.2) is 11.3 Å². The number of rotatable bonds is 5. The van der Waals surface area contributed by atoms with Gasteiger partial charge in [0.2, 0.25) is 0 Å². The van der Waals surface area contributed by atoms with E-state index >= 15 is 0 Å². The van der Waals surface area contributed by atoms with Crippen molar-refractivity contribution in [3.8, 4) is 27.9 Å². The van der Waals surface area contributed by atoms with Gasteiger partial charge in [-0.3, -0.25) is 0 Å². The molecule has 3 aromatic heterocycles. The van der Waals surface area contributed by atoms with Gasteiger partial charge in [-0.2, -0.15) is 0 Å². The van der Waals surface area contributed by atoms with Crippen LogP contribution >= 0.6 is 0 Å². The number of hydrogen-bond acceptors (Lipinski definition) is 4. The highest BCUT2D eigenvalue weighted by atomic mass is 16.3. The summed E-state index contributed by atoms with van der Waals surface area (Å²) in [4.78, 5) is 5.36. The fourth-order valence-electron chi connectivity index (χ4n) is 15.2. The number of aromatic nitrogens is 1. The molecule has 0 unspecified atom stereocenters. The Labute approximate surface area is 516 Å². The van der Waals surface area contributed by atoms with Gasteiger partial charge in [-0.25, -0.2) is 0 Å². The molecule has 2 aliphatic rings. The first-order valence-electron chi connectivity index (χ1n) is 31.3. The van der Waals surface area contributed by atoms with Gasteiger partial charge in [0, 0.05) is 60.8 Å². The third-order valence-corrected chi connectivity index (χ3v) is 19.4. The maximum atomic E-state index is 6.51. The summed E-state index contributed by atoms with van der Waals surface area (Å²) in [6.45, 7) is 30.4. The van der Waals surface area contributed by atoms with E-state index in [1.807, 2.05) is 0 Å². The molecule has 0 saturated heterocycles. The normalized spacial score (nSPS) is 13.4. The van der Waals surface area contributed by atoms with E-state index in [-0.39, 0.29) is 23.0 Å². The monoisotopic (exact) mass is 1140 g/mol. The highest BCUT2D eigenvalue weighted by Gasteiger charge is 2.46. The lowest BCUT2D eigenvalue weighted by Gasteiger charge is -2.46. The Balaban J connectivity index is 1.02. The summed E-state index contributed by atoms with van der Waals surface area (Å²) in [7, 11) is 0. The first-order valence-corrected chi connectivity index (χ1v) is 31.3. The fourth-order valence-corrected chi connectivity index (χ4v) is 15.2. The summed E-state index contributed by atoms with van der Waals surface area (Å²) < 4.78 is 15.5. The molecule has 5 nitrogen and oxygen atoms in total. The van der Waals surface area contributed by atoms with Crippen molar-refractivity contribution < 1.29 is 8.83 Å². The molecule has 5 heterocycles. The van der Waals surface area contributed by atoms with Crippen molar-refractivity contribution in [1.29, 1.82) is 0 Å². The molecule has 0 spiro atoms. The van der Waals surface area contributed by atoms with Crippen LogP contribution in [0, 0.1) is 27.7 Å². The summed E-state index contributed by atoms with van der Waals surface area (Å²) in [5.74, 6) is 0. The lowest BCUT2D eigenvalue weighted by Crippen LogP contribution is -2.61. The van der Waals surface area contributed by atoms with Gasteiger partial charge in [-0.05, 0) is 219 Å². The standard InChI is InChI=1S/C82H72BN3O2/c1-47-37-51(57-27-21-31-73-75(57)59-25-17-19-29-71(59)87-73)38-48(2)78(47)85-67-42-54(81(8,9)10)33-35-63(67)83-64-45-62-61-41-53(80(5,6)7)34-36-65(61)84(56-23-15-14-16-24-56)66(62)46-68(64)86(70-44-55(82(11,12)13)43-69(85)77(70)83)79-49(3)39-52(40-50(79)4)58-28-22-32-74-76(58)60-26-18-20-30-72(60)88-74/h14-46H,1-13H3. The number of anilines is 6. The van der Waals surface area contributed by atoms with E-state index in [1.54, 1.807) is 0 Å². The predicted molar refractivity (Wildman–Crippen MR) is 375 cm³/mol. The van der Waals surface area contributed by atoms with E-state index in [1.165, 1.54) is 134 Å². The van der Waals surface area contributed by atoms with Crippen molar-refractivity contribution in [2.24, 2.45) is 0 Å². The van der Waals surface area contributed by atoms with Crippen molar-refractivity contribution in [3.63, 3.8) is 0 Å². The molecule has 2 aliphatic heterocycles. The average Bonchev–Trinajstić information content (AvgIpc) is 0.831. The maximum absolute atomic E-state index is 6.51. The topological polar surface area (TPSA) is 37.7 Å². The van der Waals surface area contributed by atoms with Crippen molar-refractivity contribution in [2.75, 3.05) is 9.80 Å². The van der Waals surface area contributed by atoms with Crippen LogP contribution < -0.4 is 26.2 Å². The second kappa shape index (κ2) is 19.0. The maximum Gasteiger partial charge on any atom is 0.252 e. The molecule has 6 heteroatoms. The minimum Gasteiger partial charge on any atom is -0.456 e. The van der Waals surface area contributed by atoms with Crippen molar-refractivity contribution in [3.05, 3.63) is 239 Å². The molecule has 0 N–H and O–H groups in total. The molecule has 0 fully saturated rings. The van der Waals surface area contributed by atoms with Crippen LogP contribution in [0.25, 0.3) is 93.6 Å². The third kappa shape index (κ3) is 8.06. The van der Waals surface area contributed by atoms with Crippen molar-refractivity contribution in [1.82, 2.24) is 4.57 Å². The van der Waals surface area contributed by atoms with Crippen molar-refractivity contribution >= 4 is 123 Å². The Morgan fingerprint density at radius 2 is 0.784 bits per heavy atom. The zero-order valence-corrected chi connectivity index (χ0v) is 52.8. The number of aryl methyl sites for hydroxylation is 4. The van der Waals surface area contributed by atoms with Gasteiger partial charge in [0.25, 0.3) is 6.71 Å². The molecule has 14 aromatic rings. The quantitative estimate of drug-likeness (QED) is 0.161. The Hall–Kier alpha value is -9.52. The molecule has 430 valence electrons.